The van der Waals surface area contributed by atoms with Gasteiger partial charge >= 0.3 is 0 Å². The summed E-state index contributed by atoms with van der Waals surface area (Å²) < 4.78 is 16.7. The second-order valence-electron chi connectivity index (χ2n) is 20.1. The van der Waals surface area contributed by atoms with Crippen molar-refractivity contribution in [3.63, 3.8) is 0 Å². The van der Waals surface area contributed by atoms with Gasteiger partial charge < -0.3 is 13.4 Å². The fourth-order valence-corrected chi connectivity index (χ4v) is 12.6. The van der Waals surface area contributed by atoms with Crippen LogP contribution in [0.2, 0.25) is 0 Å². The van der Waals surface area contributed by atoms with Gasteiger partial charge in [0, 0.05) is 61.2 Å². The zero-order valence-electron chi connectivity index (χ0n) is 41.3. The van der Waals surface area contributed by atoms with E-state index in [2.05, 4.69) is 242 Å². The summed E-state index contributed by atoms with van der Waals surface area (Å²) in [6.45, 7) is 4.04. The number of para-hydroxylation sites is 1. The number of furan rings is 2. The highest BCUT2D eigenvalue weighted by Crippen LogP contribution is 2.47. The van der Waals surface area contributed by atoms with Gasteiger partial charge in [0.05, 0.1) is 11.0 Å². The lowest BCUT2D eigenvalue weighted by Gasteiger charge is -2.19. The molecule has 3 heteroatoms. The molecule has 0 aliphatic heterocycles. The molecule has 0 N–H and O–H groups in total. The van der Waals surface area contributed by atoms with Crippen LogP contribution in [0.3, 0.4) is 0 Å². The average Bonchev–Trinajstić information content (AvgIpc) is 4.16. The molecule has 3 aromatic heterocycles. The van der Waals surface area contributed by atoms with E-state index in [9.17, 15) is 0 Å². The second-order valence-corrected chi connectivity index (χ2v) is 20.1. The molecule has 2 aliphatic carbocycles. The minimum absolute atomic E-state index is 0.0578. The molecule has 1 unspecified atom stereocenters. The number of nitrogens with zero attached hydrogens (tertiary/aromatic N) is 1. The van der Waals surface area contributed by atoms with Gasteiger partial charge in [-0.05, 0) is 110 Å². The predicted octanol–water partition coefficient (Wildman–Crippen LogP) is 19.7. The Hall–Kier alpha value is -9.44. The molecule has 0 spiro atoms. The number of aromatic nitrogens is 1. The largest absolute Gasteiger partial charge is 0.459 e. The Morgan fingerprint density at radius 3 is 1.89 bits per heavy atom. The van der Waals surface area contributed by atoms with E-state index < -0.39 is 0 Å². The summed E-state index contributed by atoms with van der Waals surface area (Å²) in [5, 5.41) is 11.0. The molecule has 354 valence electrons. The molecule has 0 bridgehead atoms. The van der Waals surface area contributed by atoms with Gasteiger partial charge in [-0.3, -0.25) is 0 Å². The van der Waals surface area contributed by atoms with Crippen molar-refractivity contribution in [2.75, 3.05) is 0 Å². The van der Waals surface area contributed by atoms with E-state index in [1.165, 1.54) is 76.5 Å². The number of benzene rings is 10. The van der Waals surface area contributed by atoms with Crippen molar-refractivity contribution in [2.24, 2.45) is 0 Å². The molecule has 0 amide bonds. The van der Waals surface area contributed by atoms with Crippen LogP contribution in [-0.2, 0) is 6.42 Å². The van der Waals surface area contributed by atoms with Crippen molar-refractivity contribution in [1.82, 2.24) is 4.57 Å². The Morgan fingerprint density at radius 1 is 0.493 bits per heavy atom. The smallest absolute Gasteiger partial charge is 0.143 e. The highest BCUT2D eigenvalue weighted by atomic mass is 16.3. The first-order valence-electron chi connectivity index (χ1n) is 26.2. The Bertz CT molecular complexity index is 4540. The standard InChI is InChI=1S/C72H49NO2/c1-2-3-24-62-63-32-15-29-52(45-18-6-4-7-19-45)70(63)74-69(62)50-37-40-61-60-39-36-49(54-31-17-34-65-64-33-16-30-53(71(64)75-72(54)65)46-20-8-5-9-21-46)43-67(60)73(68(61)44-50)51-23-14-22-47(41-51)48-35-38-59-57-27-11-10-25-55(57)56-26-12-13-28-58(56)66(59)42-48/h2-15,17-30,32,34-44,54H,1,16,31,33H2. The van der Waals surface area contributed by atoms with Crippen LogP contribution in [0, 0.1) is 0 Å². The zero-order valence-corrected chi connectivity index (χ0v) is 41.3. The van der Waals surface area contributed by atoms with Gasteiger partial charge in [-0.15, -0.1) is 0 Å². The molecule has 2 aliphatic rings. The maximum Gasteiger partial charge on any atom is 0.143 e. The molecular weight excluding hydrogens is 911 g/mol. The summed E-state index contributed by atoms with van der Waals surface area (Å²) >= 11 is 0. The number of hydrogen-bond donors (Lipinski definition) is 0. The summed E-state index contributed by atoms with van der Waals surface area (Å²) in [5.74, 6) is 2.96. The Labute approximate surface area is 434 Å². The van der Waals surface area contributed by atoms with Crippen molar-refractivity contribution in [2.45, 2.75) is 25.2 Å². The number of allylic oxidation sites excluding steroid dienone is 4. The number of hydrogen-bond acceptors (Lipinski definition) is 2. The van der Waals surface area contributed by atoms with Crippen LogP contribution in [0.25, 0.3) is 122 Å². The van der Waals surface area contributed by atoms with Crippen molar-refractivity contribution in [3.8, 4) is 39.3 Å². The molecule has 0 saturated carbocycles. The topological polar surface area (TPSA) is 31.2 Å². The van der Waals surface area contributed by atoms with Crippen LogP contribution >= 0.6 is 0 Å². The molecule has 75 heavy (non-hydrogen) atoms. The van der Waals surface area contributed by atoms with Crippen LogP contribution in [0.4, 0.5) is 0 Å². The summed E-state index contributed by atoms with van der Waals surface area (Å²) in [7, 11) is 0. The summed E-state index contributed by atoms with van der Waals surface area (Å²) in [5.41, 5.74) is 16.9. The molecule has 10 aromatic carbocycles. The van der Waals surface area contributed by atoms with Gasteiger partial charge in [0.25, 0.3) is 0 Å². The van der Waals surface area contributed by atoms with Crippen LogP contribution in [0.15, 0.2) is 246 Å². The number of fused-ring (bicyclic) bond motifs is 13. The first-order valence-corrected chi connectivity index (χ1v) is 26.2. The first kappa shape index (κ1) is 43.2. The third-order valence-electron chi connectivity index (χ3n) is 16.0. The Kier molecular flexibility index (Phi) is 9.99. The maximum atomic E-state index is 7.11. The lowest BCUT2D eigenvalue weighted by Crippen LogP contribution is -2.05. The maximum absolute atomic E-state index is 7.11. The van der Waals surface area contributed by atoms with E-state index in [1.807, 2.05) is 12.2 Å². The molecule has 3 nitrogen and oxygen atoms in total. The van der Waals surface area contributed by atoms with Gasteiger partial charge in [0.2, 0.25) is 0 Å². The summed E-state index contributed by atoms with van der Waals surface area (Å²) in [6, 6.07) is 75.4. The van der Waals surface area contributed by atoms with Crippen molar-refractivity contribution in [3.05, 3.63) is 276 Å². The minimum atomic E-state index is 0.0578. The number of rotatable bonds is 8. The van der Waals surface area contributed by atoms with Gasteiger partial charge in [0.1, 0.15) is 22.9 Å². The summed E-state index contributed by atoms with van der Waals surface area (Å²) in [6.07, 6.45) is 15.8. The minimum Gasteiger partial charge on any atom is -0.459 e. The third-order valence-corrected chi connectivity index (χ3v) is 16.0. The second kappa shape index (κ2) is 17.4. The lowest BCUT2D eigenvalue weighted by atomic mass is 9.84. The van der Waals surface area contributed by atoms with E-state index in [0.717, 1.165) is 92.1 Å². The van der Waals surface area contributed by atoms with Gasteiger partial charge in [0.15, 0.2) is 0 Å². The van der Waals surface area contributed by atoms with Crippen molar-refractivity contribution in [1.29, 1.82) is 0 Å². The van der Waals surface area contributed by atoms with E-state index in [0.29, 0.717) is 0 Å². The molecule has 15 rings (SSSR count). The van der Waals surface area contributed by atoms with Crippen LogP contribution in [0.5, 0.6) is 0 Å². The van der Waals surface area contributed by atoms with E-state index in [1.54, 1.807) is 0 Å². The van der Waals surface area contributed by atoms with Crippen LogP contribution in [-0.4, -0.2) is 4.57 Å². The normalized spacial score (nSPS) is 14.4. The highest BCUT2D eigenvalue weighted by Gasteiger charge is 2.31. The third kappa shape index (κ3) is 6.89. The van der Waals surface area contributed by atoms with Gasteiger partial charge in [-0.2, -0.15) is 0 Å². The van der Waals surface area contributed by atoms with Crippen LogP contribution < -0.4 is 0 Å². The average molecular weight is 960 g/mol. The molecule has 0 fully saturated rings. The Morgan fingerprint density at radius 2 is 1.12 bits per heavy atom. The highest BCUT2D eigenvalue weighted by molar-refractivity contribution is 6.25. The fraction of sp³-hybridized carbons (Fsp3) is 0.0556. The molecule has 1 atom stereocenters. The molecule has 13 aromatic rings. The predicted molar refractivity (Wildman–Crippen MR) is 315 cm³/mol. The van der Waals surface area contributed by atoms with Gasteiger partial charge in [-0.25, -0.2) is 0 Å². The first-order chi connectivity index (χ1) is 37.2. The molecule has 0 radical (unpaired) electrons. The molecular formula is C72H49NO2. The SMILES string of the molecule is C=CC=Cc1c(-c2ccc3c4ccc(C5CC=Cc6c5oc5c6CCC=C5c5ccccc5)cc4n(-c4cccc(-c5ccc6c7ccccc7c7ccccc7c6c5)c4)c3c2)oc2c(-c3ccccc3)cccc12. The van der Waals surface area contributed by atoms with Crippen molar-refractivity contribution < 1.29 is 8.83 Å². The van der Waals surface area contributed by atoms with Gasteiger partial charge in [-0.1, -0.05) is 219 Å². The van der Waals surface area contributed by atoms with E-state index in [4.69, 9.17) is 8.83 Å². The fourth-order valence-electron chi connectivity index (χ4n) is 12.6. The van der Waals surface area contributed by atoms with E-state index in [-0.39, 0.29) is 5.92 Å². The van der Waals surface area contributed by atoms with Crippen molar-refractivity contribution >= 4 is 82.8 Å². The Balaban J connectivity index is 0.935. The quantitative estimate of drug-likeness (QED) is 0.112. The molecule has 0 saturated heterocycles. The zero-order chi connectivity index (χ0) is 49.6. The molecule has 3 heterocycles. The summed E-state index contributed by atoms with van der Waals surface area (Å²) in [4.78, 5) is 0. The lowest BCUT2D eigenvalue weighted by molar-refractivity contribution is 0.472. The van der Waals surface area contributed by atoms with Crippen LogP contribution in [0.1, 0.15) is 58.1 Å². The van der Waals surface area contributed by atoms with E-state index >= 15 is 0 Å². The monoisotopic (exact) mass is 959 g/mol.